The van der Waals surface area contributed by atoms with E-state index < -0.39 is 33.5 Å². The van der Waals surface area contributed by atoms with E-state index in [-0.39, 0.29) is 31.9 Å². The third-order valence-electron chi connectivity index (χ3n) is 4.77. The molecule has 4 rings (SSSR count). The number of barbiturate groups is 1. The van der Waals surface area contributed by atoms with Crippen LogP contribution in [0.5, 0.6) is 5.75 Å². The lowest BCUT2D eigenvalue weighted by molar-refractivity contribution is -0.122. The second-order valence-electron chi connectivity index (χ2n) is 7.08. The van der Waals surface area contributed by atoms with Crippen LogP contribution >= 0.6 is 34.8 Å². The van der Waals surface area contributed by atoms with E-state index in [1.165, 1.54) is 54.6 Å². The number of amides is 4. The molecule has 3 aromatic rings. The summed E-state index contributed by atoms with van der Waals surface area (Å²) in [6, 6.07) is 14.3. The molecule has 178 valence electrons. The Balaban J connectivity index is 1.76. The van der Waals surface area contributed by atoms with Crippen molar-refractivity contribution >= 4 is 74.5 Å². The third kappa shape index (κ3) is 5.18. The number of rotatable bonds is 5. The van der Waals surface area contributed by atoms with Gasteiger partial charge >= 0.3 is 16.1 Å². The van der Waals surface area contributed by atoms with Crippen molar-refractivity contribution in [2.75, 3.05) is 4.90 Å². The highest BCUT2D eigenvalue weighted by atomic mass is 35.5. The predicted molar refractivity (Wildman–Crippen MR) is 131 cm³/mol. The fourth-order valence-electron chi connectivity index (χ4n) is 3.14. The molecule has 0 atom stereocenters. The minimum atomic E-state index is -4.30. The number of nitrogens with zero attached hydrogens (tertiary/aromatic N) is 1. The highest BCUT2D eigenvalue weighted by molar-refractivity contribution is 7.87. The van der Waals surface area contributed by atoms with Crippen LogP contribution in [0.25, 0.3) is 6.08 Å². The van der Waals surface area contributed by atoms with Crippen molar-refractivity contribution in [3.63, 3.8) is 0 Å². The quantitative estimate of drug-likeness (QED) is 0.269. The predicted octanol–water partition coefficient (Wildman–Crippen LogP) is 5.08. The van der Waals surface area contributed by atoms with E-state index in [0.29, 0.717) is 9.92 Å². The number of carbonyl (C=O) groups is 3. The van der Waals surface area contributed by atoms with Crippen molar-refractivity contribution in [3.8, 4) is 5.75 Å². The summed E-state index contributed by atoms with van der Waals surface area (Å²) in [4.78, 5) is 38.6. The Hall–Kier alpha value is -3.37. The van der Waals surface area contributed by atoms with Gasteiger partial charge in [0.2, 0.25) is 0 Å². The number of carbonyl (C=O) groups excluding carboxylic acids is 3. The van der Waals surface area contributed by atoms with Crippen LogP contribution in [0.2, 0.25) is 15.1 Å². The molecule has 1 fully saturated rings. The molecule has 1 N–H and O–H groups in total. The standard InChI is InChI=1S/C23H13Cl3N2O6S/c24-14-5-8-16(9-6-14)35(32,33)34-20-10-7-15(25)11-13(20)12-17-21(29)27-23(31)28(22(17)30)19-4-2-1-3-18(19)26/h1-12H,(H,27,29,31)/b17-12+. The van der Waals surface area contributed by atoms with Crippen molar-refractivity contribution in [1.29, 1.82) is 0 Å². The summed E-state index contributed by atoms with van der Waals surface area (Å²) < 4.78 is 30.8. The van der Waals surface area contributed by atoms with Gasteiger partial charge in [-0.15, -0.1) is 0 Å². The number of halogens is 3. The van der Waals surface area contributed by atoms with E-state index in [1.807, 2.05) is 0 Å². The lowest BCUT2D eigenvalue weighted by Gasteiger charge is -2.27. The summed E-state index contributed by atoms with van der Waals surface area (Å²) in [5, 5.41) is 2.68. The molecule has 0 aliphatic carbocycles. The first kappa shape index (κ1) is 24.7. The van der Waals surface area contributed by atoms with Gasteiger partial charge in [0.05, 0.1) is 10.7 Å². The van der Waals surface area contributed by atoms with Crippen LogP contribution in [-0.2, 0) is 19.7 Å². The van der Waals surface area contributed by atoms with Crippen LogP contribution in [0.1, 0.15) is 5.56 Å². The summed E-state index contributed by atoms with van der Waals surface area (Å²) in [6.07, 6.45) is 1.08. The molecule has 1 heterocycles. The number of urea groups is 1. The number of anilines is 1. The molecular weight excluding hydrogens is 539 g/mol. The van der Waals surface area contributed by atoms with Gasteiger partial charge in [-0.2, -0.15) is 8.42 Å². The number of imide groups is 2. The Morgan fingerprint density at radius 2 is 1.51 bits per heavy atom. The van der Waals surface area contributed by atoms with Gasteiger partial charge in [0.15, 0.2) is 0 Å². The van der Waals surface area contributed by atoms with Crippen LogP contribution in [0.4, 0.5) is 10.5 Å². The van der Waals surface area contributed by atoms with Gasteiger partial charge in [0.1, 0.15) is 16.2 Å². The molecule has 4 amide bonds. The molecule has 3 aromatic carbocycles. The second-order valence-corrected chi connectivity index (χ2v) is 9.91. The van der Waals surface area contributed by atoms with Crippen LogP contribution in [-0.4, -0.2) is 26.3 Å². The van der Waals surface area contributed by atoms with Crippen LogP contribution in [0.3, 0.4) is 0 Å². The number of para-hydroxylation sites is 1. The number of hydrogen-bond donors (Lipinski definition) is 1. The Morgan fingerprint density at radius 1 is 0.857 bits per heavy atom. The lowest BCUT2D eigenvalue weighted by Crippen LogP contribution is -2.54. The Labute approximate surface area is 214 Å². The molecule has 1 saturated heterocycles. The molecule has 0 unspecified atom stereocenters. The first-order valence-corrected chi connectivity index (χ1v) is 12.3. The maximum atomic E-state index is 13.2. The van der Waals surface area contributed by atoms with E-state index in [9.17, 15) is 22.8 Å². The van der Waals surface area contributed by atoms with Crippen molar-refractivity contribution < 1.29 is 27.0 Å². The summed E-state index contributed by atoms with van der Waals surface area (Å²) in [6.45, 7) is 0. The summed E-state index contributed by atoms with van der Waals surface area (Å²) >= 11 is 18.0. The minimum absolute atomic E-state index is 0.00185. The second kappa shape index (κ2) is 9.71. The van der Waals surface area contributed by atoms with Gasteiger partial charge < -0.3 is 4.18 Å². The van der Waals surface area contributed by atoms with Crippen molar-refractivity contribution in [3.05, 3.63) is 92.9 Å². The van der Waals surface area contributed by atoms with E-state index in [2.05, 4.69) is 5.32 Å². The molecule has 1 aliphatic rings. The average Bonchev–Trinajstić information content (AvgIpc) is 2.79. The van der Waals surface area contributed by atoms with Crippen molar-refractivity contribution in [1.82, 2.24) is 5.32 Å². The van der Waals surface area contributed by atoms with E-state index in [4.69, 9.17) is 39.0 Å². The zero-order valence-corrected chi connectivity index (χ0v) is 20.5. The topological polar surface area (TPSA) is 110 Å². The van der Waals surface area contributed by atoms with Crippen LogP contribution in [0.15, 0.2) is 77.2 Å². The highest BCUT2D eigenvalue weighted by Gasteiger charge is 2.38. The molecular formula is C23H13Cl3N2O6S. The molecule has 1 aliphatic heterocycles. The SMILES string of the molecule is O=C1NC(=O)N(c2ccccc2Cl)C(=O)/C1=C/c1cc(Cl)ccc1OS(=O)(=O)c1ccc(Cl)cc1. The normalized spacial score (nSPS) is 15.3. The average molecular weight is 552 g/mol. The molecule has 0 radical (unpaired) electrons. The number of nitrogens with one attached hydrogen (secondary N) is 1. The van der Waals surface area contributed by atoms with E-state index in [0.717, 1.165) is 6.08 Å². The molecule has 0 spiro atoms. The fourth-order valence-corrected chi connectivity index (χ4v) is 4.62. The maximum absolute atomic E-state index is 13.2. The summed E-state index contributed by atoms with van der Waals surface area (Å²) in [7, 11) is -4.30. The van der Waals surface area contributed by atoms with Gasteiger partial charge in [-0.3, -0.25) is 14.9 Å². The van der Waals surface area contributed by atoms with Gasteiger partial charge in [0.25, 0.3) is 11.8 Å². The zero-order chi connectivity index (χ0) is 25.3. The maximum Gasteiger partial charge on any atom is 0.339 e. The van der Waals surface area contributed by atoms with Crippen LogP contribution < -0.4 is 14.4 Å². The Morgan fingerprint density at radius 3 is 2.20 bits per heavy atom. The van der Waals surface area contributed by atoms with E-state index >= 15 is 0 Å². The summed E-state index contributed by atoms with van der Waals surface area (Å²) in [5.41, 5.74) is -0.412. The molecule has 0 aromatic heterocycles. The van der Waals surface area contributed by atoms with Gasteiger partial charge in [-0.1, -0.05) is 46.9 Å². The Bertz CT molecular complexity index is 1500. The zero-order valence-electron chi connectivity index (χ0n) is 17.4. The largest absolute Gasteiger partial charge is 0.378 e. The fraction of sp³-hybridized carbons (Fsp3) is 0. The van der Waals surface area contributed by atoms with Crippen molar-refractivity contribution in [2.45, 2.75) is 4.90 Å². The highest BCUT2D eigenvalue weighted by Crippen LogP contribution is 2.32. The van der Waals surface area contributed by atoms with Crippen molar-refractivity contribution in [2.24, 2.45) is 0 Å². The van der Waals surface area contributed by atoms with Gasteiger partial charge in [0, 0.05) is 15.6 Å². The molecule has 8 nitrogen and oxygen atoms in total. The monoisotopic (exact) mass is 550 g/mol. The first-order chi connectivity index (χ1) is 16.6. The van der Waals surface area contributed by atoms with Crippen LogP contribution in [0, 0.1) is 0 Å². The number of benzene rings is 3. The van der Waals surface area contributed by atoms with Gasteiger partial charge in [-0.25, -0.2) is 9.69 Å². The molecule has 35 heavy (non-hydrogen) atoms. The molecule has 12 heteroatoms. The smallest absolute Gasteiger partial charge is 0.339 e. The Kier molecular flexibility index (Phi) is 6.86. The first-order valence-electron chi connectivity index (χ1n) is 9.72. The van der Waals surface area contributed by atoms with Gasteiger partial charge in [-0.05, 0) is 60.7 Å². The molecule has 0 saturated carbocycles. The lowest BCUT2D eigenvalue weighted by atomic mass is 10.1. The summed E-state index contributed by atoms with van der Waals surface area (Å²) in [5.74, 6) is -2.17. The minimum Gasteiger partial charge on any atom is -0.378 e. The molecule has 0 bridgehead atoms. The third-order valence-corrected chi connectivity index (χ3v) is 6.82. The number of hydrogen-bond acceptors (Lipinski definition) is 6. The van der Waals surface area contributed by atoms with E-state index in [1.54, 1.807) is 12.1 Å².